The van der Waals surface area contributed by atoms with Gasteiger partial charge < -0.3 is 4.74 Å². The molecule has 0 bridgehead atoms. The largest absolute Gasteiger partial charge is 0.423 e. The van der Waals surface area contributed by atoms with E-state index in [9.17, 15) is 4.79 Å². The van der Waals surface area contributed by atoms with Crippen LogP contribution in [0.25, 0.3) is 11.4 Å². The maximum Gasteiger partial charge on any atom is 0.311 e. The standard InChI is InChI=1S/C18H19N3O2/c1-2-3-4-5-6-17(22)23-16-12-20-18(21-13-16)15-9-7-14(11-19)8-10-15/h7-10,12-13H,2-6H2,1H3. The zero-order chi connectivity index (χ0) is 16.5. The van der Waals surface area contributed by atoms with E-state index in [0.717, 1.165) is 31.2 Å². The van der Waals surface area contributed by atoms with Crippen LogP contribution in [-0.2, 0) is 4.79 Å². The molecule has 0 radical (unpaired) electrons. The van der Waals surface area contributed by atoms with Crippen molar-refractivity contribution in [2.24, 2.45) is 0 Å². The summed E-state index contributed by atoms with van der Waals surface area (Å²) in [6.45, 7) is 2.13. The molecular weight excluding hydrogens is 290 g/mol. The van der Waals surface area contributed by atoms with E-state index in [-0.39, 0.29) is 5.97 Å². The lowest BCUT2D eigenvalue weighted by Crippen LogP contribution is -2.08. The number of hydrogen-bond donors (Lipinski definition) is 0. The van der Waals surface area contributed by atoms with E-state index in [2.05, 4.69) is 23.0 Å². The van der Waals surface area contributed by atoms with Gasteiger partial charge in [0.05, 0.1) is 24.0 Å². The lowest BCUT2D eigenvalue weighted by molar-refractivity contribution is -0.134. The first kappa shape index (κ1) is 16.6. The van der Waals surface area contributed by atoms with Gasteiger partial charge in [0.2, 0.25) is 0 Å². The van der Waals surface area contributed by atoms with Crippen LogP contribution in [0.15, 0.2) is 36.7 Å². The average molecular weight is 309 g/mol. The van der Waals surface area contributed by atoms with E-state index in [0.29, 0.717) is 23.6 Å². The minimum Gasteiger partial charge on any atom is -0.423 e. The predicted molar refractivity (Wildman–Crippen MR) is 86.6 cm³/mol. The Morgan fingerprint density at radius 3 is 2.43 bits per heavy atom. The Morgan fingerprint density at radius 1 is 1.13 bits per heavy atom. The summed E-state index contributed by atoms with van der Waals surface area (Å²) in [5, 5.41) is 8.78. The molecule has 0 fully saturated rings. The monoisotopic (exact) mass is 309 g/mol. The molecule has 0 saturated carbocycles. The number of carbonyl (C=O) groups excluding carboxylic acids is 1. The van der Waals surface area contributed by atoms with Crippen molar-refractivity contribution in [3.8, 4) is 23.2 Å². The second-order valence-electron chi connectivity index (χ2n) is 5.22. The molecule has 1 aromatic heterocycles. The maximum atomic E-state index is 11.7. The Bertz CT molecular complexity index is 673. The highest BCUT2D eigenvalue weighted by Crippen LogP contribution is 2.17. The molecule has 0 amide bonds. The van der Waals surface area contributed by atoms with Crippen molar-refractivity contribution in [3.05, 3.63) is 42.2 Å². The SMILES string of the molecule is CCCCCCC(=O)Oc1cnc(-c2ccc(C#N)cc2)nc1. The van der Waals surface area contributed by atoms with Gasteiger partial charge >= 0.3 is 5.97 Å². The van der Waals surface area contributed by atoms with Crippen LogP contribution in [0, 0.1) is 11.3 Å². The van der Waals surface area contributed by atoms with Crippen LogP contribution < -0.4 is 4.74 Å². The number of nitrogens with zero attached hydrogens (tertiary/aromatic N) is 3. The smallest absolute Gasteiger partial charge is 0.311 e. The second kappa shape index (κ2) is 8.64. The highest BCUT2D eigenvalue weighted by molar-refractivity contribution is 5.72. The van der Waals surface area contributed by atoms with Crippen molar-refractivity contribution in [3.63, 3.8) is 0 Å². The van der Waals surface area contributed by atoms with Crippen molar-refractivity contribution in [2.45, 2.75) is 39.0 Å². The van der Waals surface area contributed by atoms with Crippen LogP contribution >= 0.6 is 0 Å². The van der Waals surface area contributed by atoms with E-state index < -0.39 is 0 Å². The van der Waals surface area contributed by atoms with Crippen LogP contribution in [0.4, 0.5) is 0 Å². The summed E-state index contributed by atoms with van der Waals surface area (Å²) in [4.78, 5) is 20.1. The van der Waals surface area contributed by atoms with Crippen molar-refractivity contribution < 1.29 is 9.53 Å². The Balaban J connectivity index is 1.91. The molecule has 0 saturated heterocycles. The third-order valence-corrected chi connectivity index (χ3v) is 3.37. The number of rotatable bonds is 7. The normalized spacial score (nSPS) is 10.1. The molecule has 0 unspecified atom stereocenters. The first-order chi connectivity index (χ1) is 11.2. The molecule has 2 rings (SSSR count). The summed E-state index contributed by atoms with van der Waals surface area (Å²) in [5.41, 5.74) is 1.39. The van der Waals surface area contributed by atoms with Gasteiger partial charge in [0.25, 0.3) is 0 Å². The summed E-state index contributed by atoms with van der Waals surface area (Å²) < 4.78 is 5.21. The lowest BCUT2D eigenvalue weighted by Gasteiger charge is -2.05. The van der Waals surface area contributed by atoms with Crippen LogP contribution in [0.5, 0.6) is 5.75 Å². The van der Waals surface area contributed by atoms with Gasteiger partial charge in [0, 0.05) is 12.0 Å². The summed E-state index contributed by atoms with van der Waals surface area (Å²) in [7, 11) is 0. The molecule has 0 atom stereocenters. The van der Waals surface area contributed by atoms with E-state index in [1.165, 1.54) is 12.4 Å². The van der Waals surface area contributed by atoms with Crippen LogP contribution in [0.1, 0.15) is 44.6 Å². The Kier molecular flexibility index (Phi) is 6.25. The van der Waals surface area contributed by atoms with E-state index >= 15 is 0 Å². The number of unbranched alkanes of at least 4 members (excludes halogenated alkanes) is 3. The lowest BCUT2D eigenvalue weighted by atomic mass is 10.1. The second-order valence-corrected chi connectivity index (χ2v) is 5.22. The molecule has 1 heterocycles. The average Bonchev–Trinajstić information content (AvgIpc) is 2.59. The first-order valence-corrected chi connectivity index (χ1v) is 7.76. The molecule has 118 valence electrons. The number of aromatic nitrogens is 2. The van der Waals surface area contributed by atoms with Gasteiger partial charge in [-0.2, -0.15) is 5.26 Å². The molecule has 1 aromatic carbocycles. The van der Waals surface area contributed by atoms with Crippen LogP contribution in [-0.4, -0.2) is 15.9 Å². The molecule has 5 nitrogen and oxygen atoms in total. The molecule has 0 aliphatic heterocycles. The zero-order valence-corrected chi connectivity index (χ0v) is 13.2. The fourth-order valence-electron chi connectivity index (χ4n) is 2.09. The number of carbonyl (C=O) groups is 1. The summed E-state index contributed by atoms with van der Waals surface area (Å²) in [5.74, 6) is 0.621. The Hall–Kier alpha value is -2.74. The molecule has 0 aliphatic carbocycles. The fraction of sp³-hybridized carbons (Fsp3) is 0.333. The van der Waals surface area contributed by atoms with E-state index in [1.54, 1.807) is 24.3 Å². The number of nitriles is 1. The van der Waals surface area contributed by atoms with Crippen LogP contribution in [0.3, 0.4) is 0 Å². The maximum absolute atomic E-state index is 11.7. The minimum atomic E-state index is -0.254. The number of ether oxygens (including phenoxy) is 1. The molecule has 23 heavy (non-hydrogen) atoms. The third kappa shape index (κ3) is 5.19. The van der Waals surface area contributed by atoms with Crippen molar-refractivity contribution >= 4 is 5.97 Å². The fourth-order valence-corrected chi connectivity index (χ4v) is 2.09. The molecule has 0 N–H and O–H groups in total. The Labute approximate surface area is 136 Å². The quantitative estimate of drug-likeness (QED) is 0.573. The van der Waals surface area contributed by atoms with E-state index in [4.69, 9.17) is 10.00 Å². The van der Waals surface area contributed by atoms with E-state index in [1.807, 2.05) is 0 Å². The van der Waals surface area contributed by atoms with Crippen molar-refractivity contribution in [1.82, 2.24) is 9.97 Å². The molecule has 2 aromatic rings. The summed E-state index contributed by atoms with van der Waals surface area (Å²) in [6.07, 6.45) is 7.55. The molecule has 0 aliphatic rings. The van der Waals surface area contributed by atoms with Crippen molar-refractivity contribution in [1.29, 1.82) is 5.26 Å². The zero-order valence-electron chi connectivity index (χ0n) is 13.2. The van der Waals surface area contributed by atoms with Gasteiger partial charge in [-0.3, -0.25) is 4.79 Å². The van der Waals surface area contributed by atoms with Gasteiger partial charge in [-0.05, 0) is 30.7 Å². The van der Waals surface area contributed by atoms with Gasteiger partial charge in [-0.1, -0.05) is 26.2 Å². The van der Waals surface area contributed by atoms with Crippen LogP contribution in [0.2, 0.25) is 0 Å². The molecule has 0 spiro atoms. The highest BCUT2D eigenvalue weighted by Gasteiger charge is 2.07. The van der Waals surface area contributed by atoms with Gasteiger partial charge in [-0.25, -0.2) is 9.97 Å². The number of hydrogen-bond acceptors (Lipinski definition) is 5. The van der Waals surface area contributed by atoms with Gasteiger partial charge in [0.15, 0.2) is 11.6 Å². The first-order valence-electron chi connectivity index (χ1n) is 7.76. The third-order valence-electron chi connectivity index (χ3n) is 3.37. The van der Waals surface area contributed by atoms with Gasteiger partial charge in [0.1, 0.15) is 0 Å². The number of benzene rings is 1. The molecule has 5 heteroatoms. The summed E-state index contributed by atoms with van der Waals surface area (Å²) in [6, 6.07) is 9.06. The highest BCUT2D eigenvalue weighted by atomic mass is 16.5. The van der Waals surface area contributed by atoms with Crippen molar-refractivity contribution in [2.75, 3.05) is 0 Å². The predicted octanol–water partition coefficient (Wildman–Crippen LogP) is 3.89. The Morgan fingerprint density at radius 2 is 1.83 bits per heavy atom. The van der Waals surface area contributed by atoms with Gasteiger partial charge in [-0.15, -0.1) is 0 Å². The number of esters is 1. The minimum absolute atomic E-state index is 0.254. The topological polar surface area (TPSA) is 75.9 Å². The summed E-state index contributed by atoms with van der Waals surface area (Å²) >= 11 is 0. The molecular formula is C18H19N3O2.